The van der Waals surface area contributed by atoms with Gasteiger partial charge in [0, 0.05) is 21.8 Å². The third-order valence-electron chi connectivity index (χ3n) is 8.78. The summed E-state index contributed by atoms with van der Waals surface area (Å²) >= 11 is 0. The molecule has 0 saturated heterocycles. The molecule has 0 aliphatic carbocycles. The van der Waals surface area contributed by atoms with Crippen LogP contribution < -0.4 is 0 Å². The Labute approximate surface area is 255 Å². The summed E-state index contributed by atoms with van der Waals surface area (Å²) < 4.78 is 8.86. The molecule has 0 aliphatic heterocycles. The zero-order valence-electron chi connectivity index (χ0n) is 23.9. The molecule has 0 bridgehead atoms. The average molecular weight is 562 g/mol. The molecule has 44 heavy (non-hydrogen) atoms. The van der Waals surface area contributed by atoms with Gasteiger partial charge in [-0.15, -0.1) is 0 Å². The fourth-order valence-electron chi connectivity index (χ4n) is 6.72. The highest BCUT2D eigenvalue weighted by Crippen LogP contribution is 2.41. The van der Waals surface area contributed by atoms with Crippen LogP contribution in [0.1, 0.15) is 0 Å². The van der Waals surface area contributed by atoms with Gasteiger partial charge < -0.3 is 8.98 Å². The van der Waals surface area contributed by atoms with E-state index in [9.17, 15) is 0 Å². The average Bonchev–Trinajstić information content (AvgIpc) is 3.65. The van der Waals surface area contributed by atoms with Gasteiger partial charge >= 0.3 is 0 Å². The van der Waals surface area contributed by atoms with E-state index in [4.69, 9.17) is 4.42 Å². The Balaban J connectivity index is 1.19. The first-order valence-corrected chi connectivity index (χ1v) is 15.0. The van der Waals surface area contributed by atoms with Crippen LogP contribution in [0.4, 0.5) is 0 Å². The van der Waals surface area contributed by atoms with E-state index in [2.05, 4.69) is 162 Å². The van der Waals surface area contributed by atoms with Crippen LogP contribution in [0, 0.1) is 0 Å². The number of rotatable bonds is 4. The minimum Gasteiger partial charge on any atom is -0.455 e. The van der Waals surface area contributed by atoms with Gasteiger partial charge in [-0.25, -0.2) is 0 Å². The lowest BCUT2D eigenvalue weighted by Crippen LogP contribution is -1.94. The second-order valence-corrected chi connectivity index (χ2v) is 11.4. The van der Waals surface area contributed by atoms with Crippen molar-refractivity contribution in [2.75, 3.05) is 0 Å². The Kier molecular flexibility index (Phi) is 5.54. The number of furan rings is 1. The maximum Gasteiger partial charge on any atom is 0.145 e. The first-order valence-electron chi connectivity index (χ1n) is 15.0. The first kappa shape index (κ1) is 24.7. The third-order valence-corrected chi connectivity index (χ3v) is 8.78. The topological polar surface area (TPSA) is 18.1 Å². The van der Waals surface area contributed by atoms with Crippen LogP contribution in [-0.4, -0.2) is 4.57 Å². The van der Waals surface area contributed by atoms with Crippen LogP contribution >= 0.6 is 0 Å². The van der Waals surface area contributed by atoms with Crippen molar-refractivity contribution in [3.8, 4) is 39.1 Å². The van der Waals surface area contributed by atoms with Crippen LogP contribution in [0.5, 0.6) is 0 Å². The summed E-state index contributed by atoms with van der Waals surface area (Å²) in [6.07, 6.45) is 0. The smallest absolute Gasteiger partial charge is 0.145 e. The predicted octanol–water partition coefficient (Wildman–Crippen LogP) is 11.7. The van der Waals surface area contributed by atoms with Crippen molar-refractivity contribution in [2.45, 2.75) is 0 Å². The number of nitrogens with zero attached hydrogens (tertiary/aromatic N) is 1. The molecule has 7 aromatic carbocycles. The van der Waals surface area contributed by atoms with Crippen molar-refractivity contribution < 1.29 is 4.42 Å². The molecular weight excluding hydrogens is 534 g/mol. The summed E-state index contributed by atoms with van der Waals surface area (Å²) in [6.45, 7) is 0. The number of aromatic nitrogens is 1. The Morgan fingerprint density at radius 2 is 0.932 bits per heavy atom. The Morgan fingerprint density at radius 3 is 1.68 bits per heavy atom. The molecule has 2 nitrogen and oxygen atoms in total. The van der Waals surface area contributed by atoms with Crippen molar-refractivity contribution in [1.29, 1.82) is 0 Å². The summed E-state index contributed by atoms with van der Waals surface area (Å²) in [5, 5.41) is 4.65. The maximum absolute atomic E-state index is 6.49. The third kappa shape index (κ3) is 3.89. The highest BCUT2D eigenvalue weighted by molar-refractivity contribution is 6.23. The van der Waals surface area contributed by atoms with Gasteiger partial charge in [-0.1, -0.05) is 115 Å². The fraction of sp³-hybridized carbons (Fsp3) is 0. The van der Waals surface area contributed by atoms with Gasteiger partial charge in [0.15, 0.2) is 0 Å². The zero-order chi connectivity index (χ0) is 29.0. The van der Waals surface area contributed by atoms with E-state index in [1.54, 1.807) is 0 Å². The van der Waals surface area contributed by atoms with E-state index in [1.165, 1.54) is 44.3 Å². The highest BCUT2D eigenvalue weighted by Gasteiger charge is 2.18. The molecular formula is C42H27NO. The van der Waals surface area contributed by atoms with Gasteiger partial charge in [0.1, 0.15) is 11.2 Å². The molecule has 0 radical (unpaired) electrons. The number of para-hydroxylation sites is 2. The highest BCUT2D eigenvalue weighted by atomic mass is 16.3. The van der Waals surface area contributed by atoms with Crippen LogP contribution in [0.3, 0.4) is 0 Å². The van der Waals surface area contributed by atoms with Crippen molar-refractivity contribution in [3.63, 3.8) is 0 Å². The maximum atomic E-state index is 6.49. The lowest BCUT2D eigenvalue weighted by atomic mass is 9.96. The fourth-order valence-corrected chi connectivity index (χ4v) is 6.72. The summed E-state index contributed by atoms with van der Waals surface area (Å²) in [5.74, 6) is 0. The van der Waals surface area contributed by atoms with E-state index >= 15 is 0 Å². The minimum absolute atomic E-state index is 0.919. The molecule has 2 heteroatoms. The van der Waals surface area contributed by atoms with Gasteiger partial charge in [-0.05, 0) is 81.9 Å². The van der Waals surface area contributed by atoms with Gasteiger partial charge in [0.2, 0.25) is 0 Å². The van der Waals surface area contributed by atoms with Crippen LogP contribution in [0.2, 0.25) is 0 Å². The zero-order valence-corrected chi connectivity index (χ0v) is 23.9. The van der Waals surface area contributed by atoms with Crippen LogP contribution in [0.15, 0.2) is 168 Å². The van der Waals surface area contributed by atoms with Crippen molar-refractivity contribution in [2.24, 2.45) is 0 Å². The van der Waals surface area contributed by atoms with Gasteiger partial charge in [-0.2, -0.15) is 0 Å². The molecule has 0 aliphatic rings. The summed E-state index contributed by atoms with van der Waals surface area (Å²) in [6, 6.07) is 58.5. The molecule has 0 unspecified atom stereocenters. The lowest BCUT2D eigenvalue weighted by Gasteiger charge is -2.12. The largest absolute Gasteiger partial charge is 0.455 e. The molecule has 2 heterocycles. The first-order chi connectivity index (χ1) is 21.8. The molecule has 0 amide bonds. The molecule has 0 saturated carbocycles. The van der Waals surface area contributed by atoms with Crippen molar-refractivity contribution in [1.82, 2.24) is 4.57 Å². The summed E-state index contributed by atoms with van der Waals surface area (Å²) in [4.78, 5) is 0. The molecule has 0 atom stereocenters. The van der Waals surface area contributed by atoms with Crippen LogP contribution in [-0.2, 0) is 0 Å². The van der Waals surface area contributed by atoms with E-state index < -0.39 is 0 Å². The summed E-state index contributed by atoms with van der Waals surface area (Å²) in [7, 11) is 0. The molecule has 2 aromatic heterocycles. The second-order valence-electron chi connectivity index (χ2n) is 11.4. The normalized spacial score (nSPS) is 11.6. The second kappa shape index (κ2) is 9.86. The van der Waals surface area contributed by atoms with E-state index in [0.29, 0.717) is 0 Å². The molecule has 9 aromatic rings. The monoisotopic (exact) mass is 561 g/mol. The molecule has 0 spiro atoms. The van der Waals surface area contributed by atoms with Gasteiger partial charge in [0.25, 0.3) is 0 Å². The lowest BCUT2D eigenvalue weighted by molar-refractivity contribution is 0.673. The van der Waals surface area contributed by atoms with Crippen molar-refractivity contribution >= 4 is 43.7 Å². The Hall–Kier alpha value is -5.86. The number of benzene rings is 7. The molecule has 206 valence electrons. The SMILES string of the molecule is c1ccc(-c2cccc(-c3cccc(-c4cccc(-n5c6ccccc6c6c7oc8ccccc8c7ccc65)c4)c3)c2)cc1. The van der Waals surface area contributed by atoms with E-state index in [0.717, 1.165) is 38.5 Å². The standard InChI is InChI=1S/C42H27NO/c1-2-11-28(12-3-1)29-13-8-14-30(25-29)31-15-9-16-32(26-31)33-17-10-18-34(27-33)43-38-21-6-4-20-37(38)41-39(43)24-23-36-35-19-5-7-22-40(35)44-42(36)41/h1-27H. The number of hydrogen-bond acceptors (Lipinski definition) is 1. The molecule has 0 N–H and O–H groups in total. The van der Waals surface area contributed by atoms with Gasteiger partial charge in [0.05, 0.1) is 16.4 Å². The Bertz CT molecular complexity index is 2500. The Morgan fingerprint density at radius 1 is 0.364 bits per heavy atom. The summed E-state index contributed by atoms with van der Waals surface area (Å²) in [5.41, 5.74) is 12.5. The number of fused-ring (bicyclic) bond motifs is 7. The van der Waals surface area contributed by atoms with E-state index in [1.807, 2.05) is 6.07 Å². The van der Waals surface area contributed by atoms with Gasteiger partial charge in [-0.3, -0.25) is 0 Å². The van der Waals surface area contributed by atoms with Crippen molar-refractivity contribution in [3.05, 3.63) is 164 Å². The molecule has 9 rings (SSSR count). The molecule has 0 fully saturated rings. The quantitative estimate of drug-likeness (QED) is 0.209. The number of hydrogen-bond donors (Lipinski definition) is 0. The predicted molar refractivity (Wildman–Crippen MR) is 184 cm³/mol. The van der Waals surface area contributed by atoms with Crippen LogP contribution in [0.25, 0.3) is 82.8 Å². The van der Waals surface area contributed by atoms with E-state index in [-0.39, 0.29) is 0 Å². The minimum atomic E-state index is 0.919.